The number of hydrogen-bond acceptors (Lipinski definition) is 14. The van der Waals surface area contributed by atoms with E-state index >= 15 is 0 Å². The molecule has 6 aromatic carbocycles. The van der Waals surface area contributed by atoms with Gasteiger partial charge in [0.2, 0.25) is 0 Å². The Bertz CT molecular complexity index is 2510. The van der Waals surface area contributed by atoms with Gasteiger partial charge in [-0.3, -0.25) is 9.59 Å². The van der Waals surface area contributed by atoms with Crippen LogP contribution in [0.4, 0.5) is 0 Å². The number of thioether (sulfide) groups is 1. The van der Waals surface area contributed by atoms with E-state index in [9.17, 15) is 9.59 Å². The minimum atomic E-state index is -1.32. The molecule has 2 fully saturated rings. The molecule has 14 heteroatoms. The molecule has 0 saturated carbocycles. The SMILES string of the molecule is CO[C@H]1O[C@H](COCc2ccccc2)[C@@H](O[C@H]2O[C@H](COC(C)=O)[C@@H](OC(C)=O)[C@H](OCc3ccccc3)[C@H]2O[C@H](CSc2ccccc2)c2ccccc2)[C@H](OCc2ccccc2)[C@H]1OCc1ccccc1. The summed E-state index contributed by atoms with van der Waals surface area (Å²) in [5, 5.41) is 0. The summed E-state index contributed by atoms with van der Waals surface area (Å²) in [6.45, 7) is 3.11. The van der Waals surface area contributed by atoms with Crippen molar-refractivity contribution in [3.8, 4) is 0 Å². The van der Waals surface area contributed by atoms with Gasteiger partial charge in [-0.2, -0.15) is 0 Å². The Morgan fingerprint density at radius 2 is 0.945 bits per heavy atom. The van der Waals surface area contributed by atoms with E-state index in [1.807, 2.05) is 182 Å². The van der Waals surface area contributed by atoms with Crippen LogP contribution in [0.25, 0.3) is 0 Å². The average molecular weight is 1010 g/mol. The van der Waals surface area contributed by atoms with E-state index in [1.165, 1.54) is 13.8 Å². The topological polar surface area (TPSA) is 136 Å². The van der Waals surface area contributed by atoms with Crippen molar-refractivity contribution < 1.29 is 61.7 Å². The second-order valence-corrected chi connectivity index (χ2v) is 18.8. The van der Waals surface area contributed by atoms with Gasteiger partial charge in [0.25, 0.3) is 0 Å². The van der Waals surface area contributed by atoms with E-state index < -0.39 is 79.5 Å². The van der Waals surface area contributed by atoms with Gasteiger partial charge in [0.1, 0.15) is 49.3 Å². The standard InChI is InChI=1S/C59H64O13S/c1-41(60)64-39-50-52(68-42(2)61)55(66-36-45-26-14-6-15-27-45)57(69-51(47-30-18-8-19-31-47)40-73-48-32-20-9-21-33-48)59(71-50)72-53-49(38-63-34-43-22-10-4-11-23-43)70-58(62-3)56(67-37-46-28-16-7-17-29-46)54(53)65-35-44-24-12-5-13-25-44/h4-33,49-59H,34-40H2,1-3H3/t49-,50-,51-,52-,53-,54+,55+,56-,57-,58+,59-/m1/s1. The first-order chi connectivity index (χ1) is 35.8. The molecule has 0 aromatic heterocycles. The maximum absolute atomic E-state index is 13.2. The lowest BCUT2D eigenvalue weighted by molar-refractivity contribution is -0.375. The summed E-state index contributed by atoms with van der Waals surface area (Å²) in [5.41, 5.74) is 4.55. The fraction of sp³-hybridized carbons (Fsp3) is 0.356. The van der Waals surface area contributed by atoms with Crippen LogP contribution in [0, 0.1) is 0 Å². The Hall–Kier alpha value is -5.75. The van der Waals surface area contributed by atoms with Crippen molar-refractivity contribution in [3.63, 3.8) is 0 Å². The van der Waals surface area contributed by atoms with Crippen molar-refractivity contribution in [2.75, 3.05) is 26.1 Å². The number of carbonyl (C=O) groups excluding carboxylic acids is 2. The smallest absolute Gasteiger partial charge is 0.303 e. The molecule has 2 aliphatic heterocycles. The van der Waals surface area contributed by atoms with Crippen molar-refractivity contribution in [3.05, 3.63) is 210 Å². The second-order valence-electron chi connectivity index (χ2n) is 17.7. The first-order valence-corrected chi connectivity index (χ1v) is 25.6. The third-order valence-electron chi connectivity index (χ3n) is 12.3. The summed E-state index contributed by atoms with van der Waals surface area (Å²) in [6.07, 6.45) is -10.9. The molecule has 2 aliphatic rings. The Morgan fingerprint density at radius 1 is 0.493 bits per heavy atom. The zero-order valence-corrected chi connectivity index (χ0v) is 42.2. The van der Waals surface area contributed by atoms with E-state index in [0.717, 1.165) is 32.7 Å². The number of benzene rings is 6. The molecule has 0 unspecified atom stereocenters. The molecule has 0 bridgehead atoms. The largest absolute Gasteiger partial charge is 0.463 e. The van der Waals surface area contributed by atoms with E-state index in [4.69, 9.17) is 52.1 Å². The molecule has 0 spiro atoms. The van der Waals surface area contributed by atoms with Gasteiger partial charge < -0.3 is 52.1 Å². The van der Waals surface area contributed by atoms with Crippen LogP contribution in [0.2, 0.25) is 0 Å². The van der Waals surface area contributed by atoms with Gasteiger partial charge in [0, 0.05) is 31.6 Å². The quantitative estimate of drug-likeness (QED) is 0.0398. The Kier molecular flexibility index (Phi) is 20.6. The first kappa shape index (κ1) is 53.5. The van der Waals surface area contributed by atoms with Crippen LogP contribution >= 0.6 is 11.8 Å². The minimum Gasteiger partial charge on any atom is -0.463 e. The molecule has 384 valence electrons. The molecule has 73 heavy (non-hydrogen) atoms. The van der Waals surface area contributed by atoms with Gasteiger partial charge in [-0.25, -0.2) is 0 Å². The third kappa shape index (κ3) is 15.9. The molecule has 0 aliphatic carbocycles. The predicted octanol–water partition coefficient (Wildman–Crippen LogP) is 9.85. The van der Waals surface area contributed by atoms with Crippen LogP contribution in [0.15, 0.2) is 187 Å². The lowest BCUT2D eigenvalue weighted by atomic mass is 9.95. The summed E-state index contributed by atoms with van der Waals surface area (Å²) >= 11 is 1.63. The lowest BCUT2D eigenvalue weighted by Crippen LogP contribution is -2.66. The van der Waals surface area contributed by atoms with Crippen molar-refractivity contribution in [2.24, 2.45) is 0 Å². The summed E-state index contributed by atoms with van der Waals surface area (Å²) < 4.78 is 73.7. The number of ether oxygens (including phenoxy) is 11. The maximum Gasteiger partial charge on any atom is 0.303 e. The highest BCUT2D eigenvalue weighted by atomic mass is 32.2. The van der Waals surface area contributed by atoms with Crippen molar-refractivity contribution >= 4 is 23.7 Å². The third-order valence-corrected chi connectivity index (χ3v) is 13.4. The normalized spacial score (nSPS) is 24.3. The highest BCUT2D eigenvalue weighted by molar-refractivity contribution is 7.99. The number of hydrogen-bond donors (Lipinski definition) is 0. The summed E-state index contributed by atoms with van der Waals surface area (Å²) in [6, 6.07) is 59.1. The van der Waals surface area contributed by atoms with Crippen LogP contribution in [-0.4, -0.2) is 99.4 Å². The molecular weight excluding hydrogens is 949 g/mol. The number of methoxy groups -OCH3 is 1. The zero-order valence-electron chi connectivity index (χ0n) is 41.3. The van der Waals surface area contributed by atoms with Crippen LogP contribution in [0.3, 0.4) is 0 Å². The fourth-order valence-corrected chi connectivity index (χ4v) is 9.77. The predicted molar refractivity (Wildman–Crippen MR) is 274 cm³/mol. The lowest BCUT2D eigenvalue weighted by Gasteiger charge is -2.50. The van der Waals surface area contributed by atoms with Crippen LogP contribution in [0.1, 0.15) is 47.8 Å². The molecule has 0 amide bonds. The van der Waals surface area contributed by atoms with Crippen molar-refractivity contribution in [2.45, 2.75) is 113 Å². The second kappa shape index (κ2) is 28.1. The van der Waals surface area contributed by atoms with E-state index in [1.54, 1.807) is 18.9 Å². The molecule has 0 N–H and O–H groups in total. The highest BCUT2D eigenvalue weighted by Gasteiger charge is 2.55. The Morgan fingerprint density at radius 3 is 1.45 bits per heavy atom. The van der Waals surface area contributed by atoms with Gasteiger partial charge in [0.15, 0.2) is 18.7 Å². The van der Waals surface area contributed by atoms with E-state index in [2.05, 4.69) is 0 Å². The average Bonchev–Trinajstić information content (AvgIpc) is 3.42. The molecule has 2 saturated heterocycles. The molecule has 8 rings (SSSR count). The highest BCUT2D eigenvalue weighted by Crippen LogP contribution is 2.39. The zero-order chi connectivity index (χ0) is 50.6. The van der Waals surface area contributed by atoms with Crippen LogP contribution in [0.5, 0.6) is 0 Å². The van der Waals surface area contributed by atoms with Crippen LogP contribution in [-0.2, 0) is 88.1 Å². The van der Waals surface area contributed by atoms with Gasteiger partial charge in [0.05, 0.1) is 39.1 Å². The molecule has 2 heterocycles. The summed E-state index contributed by atoms with van der Waals surface area (Å²) in [4.78, 5) is 26.8. The number of rotatable bonds is 25. The molecule has 0 radical (unpaired) electrons. The Labute approximate surface area is 432 Å². The van der Waals surface area contributed by atoms with Crippen LogP contribution < -0.4 is 0 Å². The number of esters is 2. The Balaban J connectivity index is 1.23. The van der Waals surface area contributed by atoms with Gasteiger partial charge in [-0.15, -0.1) is 11.8 Å². The van der Waals surface area contributed by atoms with Gasteiger partial charge >= 0.3 is 11.9 Å². The first-order valence-electron chi connectivity index (χ1n) is 24.6. The van der Waals surface area contributed by atoms with Crippen molar-refractivity contribution in [1.29, 1.82) is 0 Å². The maximum atomic E-state index is 13.2. The van der Waals surface area contributed by atoms with Crippen molar-refractivity contribution in [1.82, 2.24) is 0 Å². The molecule has 11 atom stereocenters. The summed E-state index contributed by atoms with van der Waals surface area (Å²) in [5.74, 6) is -0.685. The monoisotopic (exact) mass is 1010 g/mol. The van der Waals surface area contributed by atoms with E-state index in [-0.39, 0.29) is 39.6 Å². The number of carbonyl (C=O) groups is 2. The molecule has 6 aromatic rings. The van der Waals surface area contributed by atoms with Gasteiger partial charge in [-0.05, 0) is 39.9 Å². The van der Waals surface area contributed by atoms with E-state index in [0.29, 0.717) is 5.75 Å². The summed E-state index contributed by atoms with van der Waals surface area (Å²) in [7, 11) is 1.57. The molecule has 13 nitrogen and oxygen atoms in total. The molecular formula is C59H64O13S. The van der Waals surface area contributed by atoms with Gasteiger partial charge in [-0.1, -0.05) is 170 Å². The fourth-order valence-electron chi connectivity index (χ4n) is 8.80. The minimum absolute atomic E-state index is 0.0372.